The Labute approximate surface area is 207 Å². The number of hydrogen-bond donors (Lipinski definition) is 1. The summed E-state index contributed by atoms with van der Waals surface area (Å²) in [6.45, 7) is 5.26. The van der Waals surface area contributed by atoms with Gasteiger partial charge in [-0.05, 0) is 26.0 Å². The van der Waals surface area contributed by atoms with Crippen molar-refractivity contribution in [2.75, 3.05) is 5.73 Å². The summed E-state index contributed by atoms with van der Waals surface area (Å²) in [5.74, 6) is -0.669. The molecule has 0 amide bonds. The van der Waals surface area contributed by atoms with E-state index in [0.717, 1.165) is 18.3 Å². The molecule has 0 spiro atoms. The lowest BCUT2D eigenvalue weighted by molar-refractivity contribution is -0.141. The van der Waals surface area contributed by atoms with Crippen LogP contribution in [-0.2, 0) is 6.18 Å². The van der Waals surface area contributed by atoms with Gasteiger partial charge in [-0.2, -0.15) is 13.2 Å². The van der Waals surface area contributed by atoms with Gasteiger partial charge in [0, 0.05) is 35.6 Å². The van der Waals surface area contributed by atoms with Gasteiger partial charge < -0.3 is 10.5 Å². The normalized spacial score (nSPS) is 13.0. The van der Waals surface area contributed by atoms with Gasteiger partial charge in [-0.1, -0.05) is 36.2 Å². The predicted molar refractivity (Wildman–Crippen MR) is 125 cm³/mol. The van der Waals surface area contributed by atoms with Gasteiger partial charge in [0.05, 0.1) is 16.7 Å². The van der Waals surface area contributed by atoms with Crippen molar-refractivity contribution < 1.29 is 22.3 Å². The van der Waals surface area contributed by atoms with Crippen LogP contribution in [0.2, 0.25) is 10.2 Å². The molecule has 0 fully saturated rings. The topological polar surface area (TPSA) is 78.3 Å². The molecule has 12 heteroatoms. The molecule has 4 aromatic rings. The van der Waals surface area contributed by atoms with Crippen LogP contribution in [0.1, 0.15) is 43.8 Å². The van der Waals surface area contributed by atoms with Crippen molar-refractivity contribution in [3.05, 3.63) is 69.9 Å². The predicted octanol–water partition coefficient (Wildman–Crippen LogP) is 6.78. The molecule has 0 saturated carbocycles. The maximum atomic E-state index is 15.4. The van der Waals surface area contributed by atoms with Gasteiger partial charge >= 0.3 is 6.18 Å². The van der Waals surface area contributed by atoms with E-state index in [9.17, 15) is 13.2 Å². The van der Waals surface area contributed by atoms with Crippen LogP contribution >= 0.6 is 23.2 Å². The van der Waals surface area contributed by atoms with Crippen molar-refractivity contribution in [3.8, 4) is 16.9 Å². The number of anilines is 1. The highest BCUT2D eigenvalue weighted by Gasteiger charge is 2.33. The van der Waals surface area contributed by atoms with E-state index in [-0.39, 0.29) is 32.9 Å². The summed E-state index contributed by atoms with van der Waals surface area (Å²) in [6, 6.07) is 3.30. The van der Waals surface area contributed by atoms with Crippen LogP contribution in [0.25, 0.3) is 16.6 Å². The number of alkyl halides is 3. The largest absolute Gasteiger partial charge is 0.490 e. The summed E-state index contributed by atoms with van der Waals surface area (Å²) >= 11 is 12.6. The van der Waals surface area contributed by atoms with Crippen LogP contribution in [0, 0.1) is 5.82 Å². The first-order valence-electron chi connectivity index (χ1n) is 10.4. The van der Waals surface area contributed by atoms with Crippen LogP contribution in [0.3, 0.4) is 0 Å². The summed E-state index contributed by atoms with van der Waals surface area (Å²) in [4.78, 5) is 11.9. The minimum atomic E-state index is -4.64. The molecule has 0 radical (unpaired) electrons. The second-order valence-electron chi connectivity index (χ2n) is 8.08. The molecule has 4 rings (SSSR count). The van der Waals surface area contributed by atoms with Crippen LogP contribution in [0.4, 0.5) is 23.4 Å². The molecule has 2 N–H and O–H groups in total. The molecule has 0 saturated heterocycles. The van der Waals surface area contributed by atoms with E-state index in [2.05, 4.69) is 15.0 Å². The molecule has 1 atom stereocenters. The molecule has 184 valence electrons. The number of aromatic nitrogens is 4. The Morgan fingerprint density at radius 3 is 2.43 bits per heavy atom. The zero-order valence-electron chi connectivity index (χ0n) is 18.7. The molecule has 35 heavy (non-hydrogen) atoms. The highest BCUT2D eigenvalue weighted by molar-refractivity contribution is 6.33. The Morgan fingerprint density at radius 2 is 1.83 bits per heavy atom. The SMILES string of the molecule is CC(C)Oc1c([C@H](C)c2nc(Cl)c3c(N)nccn23)cc(Cl)c(F)c1-c1ccc(C(F)(F)F)nc1. The number of benzene rings is 1. The first kappa shape index (κ1) is 25.0. The summed E-state index contributed by atoms with van der Waals surface area (Å²) in [5.41, 5.74) is 5.66. The quantitative estimate of drug-likeness (QED) is 0.289. The van der Waals surface area contributed by atoms with Gasteiger partial charge in [0.2, 0.25) is 0 Å². The van der Waals surface area contributed by atoms with Crippen molar-refractivity contribution in [1.29, 1.82) is 0 Å². The third-order valence-corrected chi connectivity index (χ3v) is 5.86. The average Bonchev–Trinajstić information content (AvgIpc) is 3.13. The fraction of sp³-hybridized carbons (Fsp3) is 0.261. The van der Waals surface area contributed by atoms with Gasteiger partial charge in [-0.3, -0.25) is 9.38 Å². The maximum absolute atomic E-state index is 15.4. The average molecular weight is 528 g/mol. The molecule has 0 aliphatic rings. The number of halogens is 6. The van der Waals surface area contributed by atoms with Gasteiger partial charge in [0.15, 0.2) is 16.8 Å². The third kappa shape index (κ3) is 4.60. The third-order valence-electron chi connectivity index (χ3n) is 5.32. The lowest BCUT2D eigenvalue weighted by Gasteiger charge is -2.23. The van der Waals surface area contributed by atoms with Crippen molar-refractivity contribution in [2.45, 2.75) is 39.0 Å². The van der Waals surface area contributed by atoms with Crippen molar-refractivity contribution in [3.63, 3.8) is 0 Å². The molecule has 1 aromatic carbocycles. The Kier molecular flexibility index (Phi) is 6.54. The van der Waals surface area contributed by atoms with Crippen molar-refractivity contribution in [2.24, 2.45) is 0 Å². The molecular formula is C23H19Cl2F4N5O. The zero-order chi connectivity index (χ0) is 25.7. The van der Waals surface area contributed by atoms with E-state index in [0.29, 0.717) is 16.9 Å². The first-order chi connectivity index (χ1) is 16.4. The number of nitrogens with two attached hydrogens (primary N) is 1. The molecule has 6 nitrogen and oxygen atoms in total. The molecule has 0 bridgehead atoms. The van der Waals surface area contributed by atoms with E-state index in [1.54, 1.807) is 31.4 Å². The second kappa shape index (κ2) is 9.16. The van der Waals surface area contributed by atoms with Gasteiger partial charge in [0.25, 0.3) is 0 Å². The summed E-state index contributed by atoms with van der Waals surface area (Å²) in [7, 11) is 0. The number of imidazole rings is 1. The van der Waals surface area contributed by atoms with E-state index in [4.69, 9.17) is 33.7 Å². The highest BCUT2D eigenvalue weighted by atomic mass is 35.5. The van der Waals surface area contributed by atoms with E-state index < -0.39 is 29.7 Å². The van der Waals surface area contributed by atoms with Crippen molar-refractivity contribution in [1.82, 2.24) is 19.4 Å². The van der Waals surface area contributed by atoms with Crippen LogP contribution in [0.15, 0.2) is 36.8 Å². The minimum absolute atomic E-state index is 0.0709. The Balaban J connectivity index is 1.95. The van der Waals surface area contributed by atoms with Gasteiger partial charge in [-0.25, -0.2) is 14.4 Å². The van der Waals surface area contributed by atoms with E-state index in [1.165, 1.54) is 12.3 Å². The number of nitrogens with zero attached hydrogens (tertiary/aromatic N) is 4. The number of nitrogen functional groups attached to an aromatic ring is 1. The Bertz CT molecular complexity index is 1400. The molecule has 3 heterocycles. The Hall–Kier alpha value is -3.11. The number of hydrogen-bond acceptors (Lipinski definition) is 5. The molecule has 3 aromatic heterocycles. The van der Waals surface area contributed by atoms with Gasteiger partial charge in [-0.15, -0.1) is 0 Å². The lowest BCUT2D eigenvalue weighted by Crippen LogP contribution is -2.13. The summed E-state index contributed by atoms with van der Waals surface area (Å²) < 4.78 is 62.1. The fourth-order valence-electron chi connectivity index (χ4n) is 3.77. The van der Waals surface area contributed by atoms with E-state index in [1.807, 2.05) is 0 Å². The smallest absolute Gasteiger partial charge is 0.433 e. The fourth-order valence-corrected chi connectivity index (χ4v) is 4.25. The minimum Gasteiger partial charge on any atom is -0.490 e. The molecule has 0 aliphatic carbocycles. The van der Waals surface area contributed by atoms with Gasteiger partial charge in [0.1, 0.15) is 22.8 Å². The molecule has 0 aliphatic heterocycles. The number of rotatable bonds is 5. The zero-order valence-corrected chi connectivity index (χ0v) is 20.2. The number of ether oxygens (including phenoxy) is 1. The standard InChI is InChI=1S/C23H19Cl2F4N5O/c1-10(2)35-19-13(11(3)22-33-20(25)18-21(30)31-6-7-34(18)22)8-14(24)17(26)16(19)12-4-5-15(32-9-12)23(27,28)29/h4-11H,1-3H3,(H2,30,31)/t11-/m0/s1. The summed E-state index contributed by atoms with van der Waals surface area (Å²) in [5, 5.41) is -0.116. The molecular weight excluding hydrogens is 509 g/mol. The lowest BCUT2D eigenvalue weighted by atomic mass is 9.93. The first-order valence-corrected chi connectivity index (χ1v) is 11.2. The maximum Gasteiger partial charge on any atom is 0.433 e. The van der Waals surface area contributed by atoms with E-state index >= 15 is 4.39 Å². The van der Waals surface area contributed by atoms with Crippen LogP contribution in [0.5, 0.6) is 5.75 Å². The van der Waals surface area contributed by atoms with Crippen LogP contribution in [-0.4, -0.2) is 25.5 Å². The Morgan fingerprint density at radius 1 is 1.11 bits per heavy atom. The number of fused-ring (bicyclic) bond motifs is 1. The second-order valence-corrected chi connectivity index (χ2v) is 8.84. The monoisotopic (exact) mass is 527 g/mol. The van der Waals surface area contributed by atoms with Crippen molar-refractivity contribution >= 4 is 34.5 Å². The number of pyridine rings is 1. The summed E-state index contributed by atoms with van der Waals surface area (Å²) in [6.07, 6.45) is -0.986. The highest BCUT2D eigenvalue weighted by Crippen LogP contribution is 2.45. The molecule has 0 unspecified atom stereocenters. The van der Waals surface area contributed by atoms with Crippen LogP contribution < -0.4 is 10.5 Å².